The Kier molecular flexibility index (Phi) is 2.69. The third kappa shape index (κ3) is 1.76. The minimum Gasteiger partial charge on any atom is -0.478 e. The summed E-state index contributed by atoms with van der Waals surface area (Å²) in [5.41, 5.74) is -0.247. The highest BCUT2D eigenvalue weighted by Crippen LogP contribution is 2.24. The van der Waals surface area contributed by atoms with Gasteiger partial charge in [-0.05, 0) is 12.1 Å². The smallest absolute Gasteiger partial charge is 0.337 e. The molecule has 0 atom stereocenters. The monoisotopic (exact) mass is 252 g/mol. The second kappa shape index (κ2) is 3.41. The lowest BCUT2D eigenvalue weighted by atomic mass is 10.2. The molecule has 1 aromatic carbocycles. The van der Waals surface area contributed by atoms with Crippen molar-refractivity contribution in [1.82, 2.24) is 0 Å². The normalized spacial score (nSPS) is 9.92. The maximum absolute atomic E-state index is 12.8. The molecule has 0 amide bonds. The van der Waals surface area contributed by atoms with Gasteiger partial charge in [0.1, 0.15) is 5.82 Å². The predicted octanol–water partition coefficient (Wildman–Crippen LogP) is 2.94. The van der Waals surface area contributed by atoms with Crippen molar-refractivity contribution in [3.63, 3.8) is 0 Å². The van der Waals surface area contributed by atoms with Gasteiger partial charge < -0.3 is 5.11 Å². The number of carbonyl (C=O) groups is 1. The van der Waals surface area contributed by atoms with E-state index in [-0.39, 0.29) is 10.6 Å². The van der Waals surface area contributed by atoms with Crippen LogP contribution < -0.4 is 0 Å². The van der Waals surface area contributed by atoms with E-state index in [2.05, 4.69) is 15.9 Å². The molecule has 1 N–H and O–H groups in total. The highest BCUT2D eigenvalue weighted by Gasteiger charge is 2.13. The van der Waals surface area contributed by atoms with Crippen molar-refractivity contribution in [1.29, 1.82) is 0 Å². The van der Waals surface area contributed by atoms with Crippen LogP contribution in [0.4, 0.5) is 4.39 Å². The summed E-state index contributed by atoms with van der Waals surface area (Å²) < 4.78 is 13.1. The molecule has 0 aliphatic carbocycles. The van der Waals surface area contributed by atoms with E-state index in [1.54, 1.807) is 0 Å². The van der Waals surface area contributed by atoms with Gasteiger partial charge in [-0.15, -0.1) is 0 Å². The van der Waals surface area contributed by atoms with E-state index in [1.807, 2.05) is 0 Å². The van der Waals surface area contributed by atoms with Gasteiger partial charge in [-0.1, -0.05) is 27.5 Å². The van der Waals surface area contributed by atoms with E-state index in [0.29, 0.717) is 4.47 Å². The van der Waals surface area contributed by atoms with Gasteiger partial charge in [0.2, 0.25) is 0 Å². The molecule has 1 rings (SSSR count). The van der Waals surface area contributed by atoms with Crippen LogP contribution in [0.2, 0.25) is 5.02 Å². The Morgan fingerprint density at radius 3 is 2.67 bits per heavy atom. The number of carboxylic acids is 1. The van der Waals surface area contributed by atoms with Gasteiger partial charge in [0.25, 0.3) is 0 Å². The molecule has 0 aliphatic rings. The second-order valence-corrected chi connectivity index (χ2v) is 3.35. The number of hydrogen-bond donors (Lipinski definition) is 1. The van der Waals surface area contributed by atoms with E-state index < -0.39 is 11.8 Å². The number of benzene rings is 1. The van der Waals surface area contributed by atoms with Crippen molar-refractivity contribution >= 4 is 33.5 Å². The maximum Gasteiger partial charge on any atom is 0.337 e. The molecule has 0 heterocycles. The van der Waals surface area contributed by atoms with Crippen LogP contribution in [0.1, 0.15) is 10.4 Å². The van der Waals surface area contributed by atoms with Crippen molar-refractivity contribution in [3.8, 4) is 0 Å². The molecular formula is C7H3BrClFO2. The van der Waals surface area contributed by atoms with Crippen molar-refractivity contribution in [2.24, 2.45) is 0 Å². The Balaban J connectivity index is 3.37. The molecule has 2 nitrogen and oxygen atoms in total. The molecule has 0 unspecified atom stereocenters. The van der Waals surface area contributed by atoms with Crippen molar-refractivity contribution in [2.45, 2.75) is 0 Å². The molecular weight excluding hydrogens is 250 g/mol. The van der Waals surface area contributed by atoms with Crippen molar-refractivity contribution < 1.29 is 14.3 Å². The van der Waals surface area contributed by atoms with Crippen LogP contribution in [-0.2, 0) is 0 Å². The molecule has 0 aromatic heterocycles. The lowest BCUT2D eigenvalue weighted by Gasteiger charge is -2.00. The fourth-order valence-corrected chi connectivity index (χ4v) is 1.33. The van der Waals surface area contributed by atoms with Gasteiger partial charge in [0.05, 0.1) is 10.6 Å². The van der Waals surface area contributed by atoms with E-state index in [0.717, 1.165) is 6.07 Å². The largest absolute Gasteiger partial charge is 0.478 e. The summed E-state index contributed by atoms with van der Waals surface area (Å²) in [6, 6.07) is 2.35. The molecule has 64 valence electrons. The van der Waals surface area contributed by atoms with Gasteiger partial charge in [0, 0.05) is 4.47 Å². The molecule has 0 fully saturated rings. The Labute approximate surface area is 81.1 Å². The molecule has 0 spiro atoms. The number of halogens is 3. The number of rotatable bonds is 1. The molecule has 0 saturated heterocycles. The molecule has 0 saturated carbocycles. The minimum absolute atomic E-state index is 0.247. The number of aromatic carboxylic acids is 1. The Bertz CT molecular complexity index is 340. The highest BCUT2D eigenvalue weighted by atomic mass is 79.9. The Hall–Kier alpha value is -0.610. The summed E-state index contributed by atoms with van der Waals surface area (Å²) in [5, 5.41) is 8.17. The average Bonchev–Trinajstić information content (AvgIpc) is 1.96. The first-order valence-corrected chi connectivity index (χ1v) is 4.07. The van der Waals surface area contributed by atoms with E-state index >= 15 is 0 Å². The standard InChI is InChI=1S/C7H3BrClFO2/c8-3-1-4(7(11)12)6(9)5(10)2-3/h1-2H,(H,11,12). The molecule has 0 bridgehead atoms. The summed E-state index contributed by atoms with van der Waals surface area (Å²) in [5.74, 6) is -2.00. The summed E-state index contributed by atoms with van der Waals surface area (Å²) in [6.07, 6.45) is 0. The van der Waals surface area contributed by atoms with E-state index in [9.17, 15) is 9.18 Å². The van der Waals surface area contributed by atoms with Crippen LogP contribution in [-0.4, -0.2) is 11.1 Å². The Morgan fingerprint density at radius 1 is 1.58 bits per heavy atom. The molecule has 5 heteroatoms. The molecule has 1 aromatic rings. The van der Waals surface area contributed by atoms with Gasteiger partial charge in [0.15, 0.2) is 0 Å². The summed E-state index contributed by atoms with van der Waals surface area (Å²) in [6.45, 7) is 0. The third-order valence-electron chi connectivity index (χ3n) is 1.22. The van der Waals surface area contributed by atoms with Gasteiger partial charge in [-0.2, -0.15) is 0 Å². The van der Waals surface area contributed by atoms with Crippen LogP contribution >= 0.6 is 27.5 Å². The average molecular weight is 253 g/mol. The highest BCUT2D eigenvalue weighted by molar-refractivity contribution is 9.10. The van der Waals surface area contributed by atoms with Gasteiger partial charge >= 0.3 is 5.97 Å². The van der Waals surface area contributed by atoms with E-state index in [1.165, 1.54) is 6.07 Å². The van der Waals surface area contributed by atoms with Gasteiger partial charge in [-0.3, -0.25) is 0 Å². The Morgan fingerprint density at radius 2 is 2.17 bits per heavy atom. The first kappa shape index (κ1) is 9.48. The van der Waals surface area contributed by atoms with Gasteiger partial charge in [-0.25, -0.2) is 9.18 Å². The van der Waals surface area contributed by atoms with Crippen LogP contribution in [0.5, 0.6) is 0 Å². The quantitative estimate of drug-likeness (QED) is 0.781. The molecule has 0 radical (unpaired) electrons. The lowest BCUT2D eigenvalue weighted by molar-refractivity contribution is 0.0696. The third-order valence-corrected chi connectivity index (χ3v) is 2.07. The molecule has 12 heavy (non-hydrogen) atoms. The zero-order valence-electron chi connectivity index (χ0n) is 5.64. The zero-order chi connectivity index (χ0) is 9.30. The van der Waals surface area contributed by atoms with Crippen LogP contribution in [0, 0.1) is 5.82 Å². The fraction of sp³-hybridized carbons (Fsp3) is 0. The first-order chi connectivity index (χ1) is 5.52. The maximum atomic E-state index is 12.8. The predicted molar refractivity (Wildman–Crippen MR) is 46.1 cm³/mol. The summed E-state index contributed by atoms with van der Waals surface area (Å²) in [4.78, 5) is 10.5. The van der Waals surface area contributed by atoms with E-state index in [4.69, 9.17) is 16.7 Å². The fourth-order valence-electron chi connectivity index (χ4n) is 0.712. The van der Waals surface area contributed by atoms with Crippen LogP contribution in [0.25, 0.3) is 0 Å². The topological polar surface area (TPSA) is 37.3 Å². The zero-order valence-corrected chi connectivity index (χ0v) is 7.99. The van der Waals surface area contributed by atoms with Crippen molar-refractivity contribution in [2.75, 3.05) is 0 Å². The first-order valence-electron chi connectivity index (χ1n) is 2.90. The number of hydrogen-bond acceptors (Lipinski definition) is 1. The summed E-state index contributed by atoms with van der Waals surface area (Å²) >= 11 is 8.34. The molecule has 0 aliphatic heterocycles. The van der Waals surface area contributed by atoms with Crippen LogP contribution in [0.3, 0.4) is 0 Å². The minimum atomic E-state index is -1.25. The number of carboxylic acid groups (broad SMARTS) is 1. The lowest BCUT2D eigenvalue weighted by Crippen LogP contribution is -1.98. The van der Waals surface area contributed by atoms with Crippen LogP contribution in [0.15, 0.2) is 16.6 Å². The van der Waals surface area contributed by atoms with Crippen molar-refractivity contribution in [3.05, 3.63) is 33.0 Å². The SMILES string of the molecule is O=C(O)c1cc(Br)cc(F)c1Cl. The summed E-state index contributed by atoms with van der Waals surface area (Å²) in [7, 11) is 0. The second-order valence-electron chi connectivity index (χ2n) is 2.05.